The average Bonchev–Trinajstić information content (AvgIpc) is 2.74. The molecule has 0 aliphatic heterocycles. The van der Waals surface area contributed by atoms with Crippen molar-refractivity contribution in [3.63, 3.8) is 0 Å². The van der Waals surface area contributed by atoms with Crippen LogP contribution >= 0.6 is 0 Å². The molecule has 0 aromatic carbocycles. The third kappa shape index (κ3) is 3.96. The molecule has 108 valence electrons. The molecule has 1 rings (SSSR count). The SMILES string of the molecule is CCN(CCCN(C)C)C(=O)c1c(N)cnn1CC. The summed E-state index contributed by atoms with van der Waals surface area (Å²) >= 11 is 0. The first-order valence-electron chi connectivity index (χ1n) is 6.76. The number of aromatic nitrogens is 2. The average molecular weight is 267 g/mol. The number of carbonyl (C=O) groups is 1. The second-order valence-electron chi connectivity index (χ2n) is 4.81. The first-order valence-corrected chi connectivity index (χ1v) is 6.76. The predicted molar refractivity (Wildman–Crippen MR) is 77.1 cm³/mol. The van der Waals surface area contributed by atoms with Crippen molar-refractivity contribution in [3.8, 4) is 0 Å². The van der Waals surface area contributed by atoms with Gasteiger partial charge in [-0.3, -0.25) is 9.48 Å². The van der Waals surface area contributed by atoms with E-state index in [4.69, 9.17) is 5.73 Å². The number of rotatable bonds is 7. The van der Waals surface area contributed by atoms with Crippen molar-refractivity contribution in [2.75, 3.05) is 39.5 Å². The standard InChI is InChI=1S/C13H25N5O/c1-5-17(9-7-8-16(3)4)13(19)12-11(14)10-15-18(12)6-2/h10H,5-9,14H2,1-4H3. The fourth-order valence-corrected chi connectivity index (χ4v) is 2.00. The molecule has 1 aromatic heterocycles. The van der Waals surface area contributed by atoms with Gasteiger partial charge in [0.15, 0.2) is 0 Å². The maximum absolute atomic E-state index is 12.5. The highest BCUT2D eigenvalue weighted by molar-refractivity contribution is 5.97. The van der Waals surface area contributed by atoms with Crippen LogP contribution in [0.5, 0.6) is 0 Å². The van der Waals surface area contributed by atoms with Crippen LogP contribution < -0.4 is 5.73 Å². The molecule has 1 amide bonds. The fourth-order valence-electron chi connectivity index (χ4n) is 2.00. The van der Waals surface area contributed by atoms with Crippen LogP contribution in [0.2, 0.25) is 0 Å². The number of aryl methyl sites for hydroxylation is 1. The van der Waals surface area contributed by atoms with Crippen LogP contribution in [0.15, 0.2) is 6.20 Å². The van der Waals surface area contributed by atoms with Gasteiger partial charge < -0.3 is 15.5 Å². The van der Waals surface area contributed by atoms with Gasteiger partial charge in [0, 0.05) is 19.6 Å². The van der Waals surface area contributed by atoms with Crippen LogP contribution in [0.4, 0.5) is 5.69 Å². The molecule has 1 heterocycles. The van der Waals surface area contributed by atoms with Gasteiger partial charge in [-0.1, -0.05) is 0 Å². The summed E-state index contributed by atoms with van der Waals surface area (Å²) in [5.74, 6) is -0.0295. The summed E-state index contributed by atoms with van der Waals surface area (Å²) in [7, 11) is 4.06. The Labute approximate surface area is 115 Å². The molecule has 0 radical (unpaired) electrons. The second kappa shape index (κ2) is 7.13. The van der Waals surface area contributed by atoms with Gasteiger partial charge >= 0.3 is 0 Å². The first-order chi connectivity index (χ1) is 9.01. The molecule has 0 bridgehead atoms. The van der Waals surface area contributed by atoms with E-state index in [0.717, 1.165) is 19.5 Å². The molecule has 0 saturated heterocycles. The van der Waals surface area contributed by atoms with Crippen LogP contribution in [-0.4, -0.2) is 59.2 Å². The van der Waals surface area contributed by atoms with E-state index in [1.54, 1.807) is 10.9 Å². The molecular formula is C13H25N5O. The zero-order valence-corrected chi connectivity index (χ0v) is 12.4. The normalized spacial score (nSPS) is 11.0. The van der Waals surface area contributed by atoms with Gasteiger partial charge in [0.25, 0.3) is 5.91 Å². The predicted octanol–water partition coefficient (Wildman–Crippen LogP) is 0.899. The van der Waals surface area contributed by atoms with Gasteiger partial charge in [-0.25, -0.2) is 0 Å². The summed E-state index contributed by atoms with van der Waals surface area (Å²) in [5, 5.41) is 4.12. The fraction of sp³-hybridized carbons (Fsp3) is 0.692. The van der Waals surface area contributed by atoms with E-state index in [-0.39, 0.29) is 5.91 Å². The van der Waals surface area contributed by atoms with E-state index in [9.17, 15) is 4.79 Å². The number of nitrogens with zero attached hydrogens (tertiary/aromatic N) is 4. The Hall–Kier alpha value is -1.56. The first kappa shape index (κ1) is 15.5. The summed E-state index contributed by atoms with van der Waals surface area (Å²) in [5.41, 5.74) is 6.81. The number of amides is 1. The second-order valence-corrected chi connectivity index (χ2v) is 4.81. The maximum Gasteiger partial charge on any atom is 0.274 e. The summed E-state index contributed by atoms with van der Waals surface area (Å²) in [6, 6.07) is 0. The minimum atomic E-state index is -0.0295. The molecule has 0 unspecified atom stereocenters. The van der Waals surface area contributed by atoms with Gasteiger partial charge in [0.05, 0.1) is 11.9 Å². The number of nitrogen functional groups attached to an aromatic ring is 1. The van der Waals surface area contributed by atoms with E-state index < -0.39 is 0 Å². The summed E-state index contributed by atoms with van der Waals surface area (Å²) in [6.45, 7) is 6.96. The molecule has 2 N–H and O–H groups in total. The minimum Gasteiger partial charge on any atom is -0.396 e. The number of hydrogen-bond acceptors (Lipinski definition) is 4. The van der Waals surface area contributed by atoms with E-state index in [2.05, 4.69) is 10.00 Å². The lowest BCUT2D eigenvalue weighted by molar-refractivity contribution is 0.0748. The van der Waals surface area contributed by atoms with Gasteiger partial charge in [-0.05, 0) is 40.9 Å². The van der Waals surface area contributed by atoms with Crippen molar-refractivity contribution in [2.45, 2.75) is 26.8 Å². The van der Waals surface area contributed by atoms with Crippen molar-refractivity contribution < 1.29 is 4.79 Å². The monoisotopic (exact) mass is 267 g/mol. The molecule has 0 fully saturated rings. The van der Waals surface area contributed by atoms with Crippen LogP contribution in [0, 0.1) is 0 Å². The molecular weight excluding hydrogens is 242 g/mol. The number of hydrogen-bond donors (Lipinski definition) is 1. The van der Waals surface area contributed by atoms with E-state index in [0.29, 0.717) is 24.5 Å². The largest absolute Gasteiger partial charge is 0.396 e. The van der Waals surface area contributed by atoms with Crippen molar-refractivity contribution in [3.05, 3.63) is 11.9 Å². The lowest BCUT2D eigenvalue weighted by atomic mass is 10.3. The Balaban J connectivity index is 2.75. The van der Waals surface area contributed by atoms with Gasteiger partial charge in [-0.15, -0.1) is 0 Å². The zero-order chi connectivity index (χ0) is 14.4. The molecule has 0 atom stereocenters. The van der Waals surface area contributed by atoms with Crippen LogP contribution in [0.1, 0.15) is 30.8 Å². The Morgan fingerprint density at radius 2 is 2.05 bits per heavy atom. The molecule has 6 heteroatoms. The highest BCUT2D eigenvalue weighted by Gasteiger charge is 2.21. The summed E-state index contributed by atoms with van der Waals surface area (Å²) in [6.07, 6.45) is 2.50. The third-order valence-corrected chi connectivity index (χ3v) is 3.07. The van der Waals surface area contributed by atoms with E-state index in [1.165, 1.54) is 0 Å². The summed E-state index contributed by atoms with van der Waals surface area (Å²) < 4.78 is 1.66. The Bertz CT molecular complexity index is 413. The number of nitrogens with two attached hydrogens (primary N) is 1. The van der Waals surface area contributed by atoms with Crippen molar-refractivity contribution >= 4 is 11.6 Å². The molecule has 1 aromatic rings. The highest BCUT2D eigenvalue weighted by Crippen LogP contribution is 2.14. The summed E-state index contributed by atoms with van der Waals surface area (Å²) in [4.78, 5) is 16.4. The Morgan fingerprint density at radius 1 is 1.37 bits per heavy atom. The van der Waals surface area contributed by atoms with E-state index in [1.807, 2.05) is 32.8 Å². The molecule has 19 heavy (non-hydrogen) atoms. The molecule has 0 spiro atoms. The molecule has 0 aliphatic carbocycles. The molecule has 6 nitrogen and oxygen atoms in total. The highest BCUT2D eigenvalue weighted by atomic mass is 16.2. The number of carbonyl (C=O) groups excluding carboxylic acids is 1. The van der Waals surface area contributed by atoms with E-state index >= 15 is 0 Å². The lowest BCUT2D eigenvalue weighted by Crippen LogP contribution is -2.35. The smallest absolute Gasteiger partial charge is 0.274 e. The maximum atomic E-state index is 12.5. The van der Waals surface area contributed by atoms with Crippen LogP contribution in [0.25, 0.3) is 0 Å². The van der Waals surface area contributed by atoms with Gasteiger partial charge in [-0.2, -0.15) is 5.10 Å². The van der Waals surface area contributed by atoms with Gasteiger partial charge in [0.2, 0.25) is 0 Å². The van der Waals surface area contributed by atoms with Gasteiger partial charge in [0.1, 0.15) is 5.69 Å². The quantitative estimate of drug-likeness (QED) is 0.797. The minimum absolute atomic E-state index is 0.0295. The topological polar surface area (TPSA) is 67.4 Å². The third-order valence-electron chi connectivity index (χ3n) is 3.07. The lowest BCUT2D eigenvalue weighted by Gasteiger charge is -2.22. The molecule has 0 aliphatic rings. The van der Waals surface area contributed by atoms with Crippen LogP contribution in [-0.2, 0) is 6.54 Å². The molecule has 0 saturated carbocycles. The van der Waals surface area contributed by atoms with Crippen LogP contribution in [0.3, 0.4) is 0 Å². The van der Waals surface area contributed by atoms with Crippen molar-refractivity contribution in [2.24, 2.45) is 0 Å². The Morgan fingerprint density at radius 3 is 2.58 bits per heavy atom. The number of anilines is 1. The zero-order valence-electron chi connectivity index (χ0n) is 12.4. The van der Waals surface area contributed by atoms with Crippen molar-refractivity contribution in [1.82, 2.24) is 19.6 Å². The van der Waals surface area contributed by atoms with Crippen molar-refractivity contribution in [1.29, 1.82) is 0 Å². The Kier molecular flexibility index (Phi) is 5.82.